The minimum Gasteiger partial charge on any atom is -0.493 e. The fourth-order valence-corrected chi connectivity index (χ4v) is 6.68. The molecule has 0 spiro atoms. The molecule has 6 rings (SSSR count). The van der Waals surface area contributed by atoms with E-state index in [9.17, 15) is 14.7 Å². The molecule has 4 atom stereocenters. The van der Waals surface area contributed by atoms with E-state index < -0.39 is 6.29 Å². The van der Waals surface area contributed by atoms with E-state index in [2.05, 4.69) is 29.3 Å². The summed E-state index contributed by atoms with van der Waals surface area (Å²) in [5.41, 5.74) is 7.24. The van der Waals surface area contributed by atoms with Crippen molar-refractivity contribution < 1.29 is 33.6 Å². The molecular weight excluding hydrogens is 620 g/mol. The number of hydrogen-bond donors (Lipinski definition) is 2. The van der Waals surface area contributed by atoms with Crippen LogP contribution in [-0.4, -0.2) is 55.1 Å². The average molecular weight is 665 g/mol. The molecular formula is C40H44N2O7. The molecule has 0 aliphatic carbocycles. The summed E-state index contributed by atoms with van der Waals surface area (Å²) in [7, 11) is 3.32. The third-order valence-corrected chi connectivity index (χ3v) is 9.53. The lowest BCUT2D eigenvalue weighted by molar-refractivity contribution is -0.276. The number of hydrogen-bond acceptors (Lipinski definition) is 8. The van der Waals surface area contributed by atoms with Gasteiger partial charge in [-0.2, -0.15) is 0 Å². The van der Waals surface area contributed by atoms with E-state index >= 15 is 0 Å². The number of aliphatic hydroxyl groups excluding tert-OH is 1. The molecule has 4 unspecified atom stereocenters. The first-order valence-electron chi connectivity index (χ1n) is 16.7. The number of rotatable bonds is 11. The third kappa shape index (κ3) is 8.03. The summed E-state index contributed by atoms with van der Waals surface area (Å²) >= 11 is 0. The topological polar surface area (TPSA) is 107 Å². The van der Waals surface area contributed by atoms with Gasteiger partial charge in [-0.05, 0) is 65.4 Å². The van der Waals surface area contributed by atoms with E-state index in [4.69, 9.17) is 18.9 Å². The van der Waals surface area contributed by atoms with Crippen LogP contribution in [0.4, 0.5) is 5.69 Å². The highest BCUT2D eigenvalue weighted by Gasteiger charge is 2.39. The molecule has 9 nitrogen and oxygen atoms in total. The highest BCUT2D eigenvalue weighted by Crippen LogP contribution is 2.42. The predicted octanol–water partition coefficient (Wildman–Crippen LogP) is 6.43. The highest BCUT2D eigenvalue weighted by atomic mass is 16.7. The molecule has 1 saturated heterocycles. The van der Waals surface area contributed by atoms with Crippen LogP contribution in [-0.2, 0) is 40.3 Å². The van der Waals surface area contributed by atoms with Crippen molar-refractivity contribution in [2.45, 2.75) is 58.3 Å². The Balaban J connectivity index is 1.18. The first-order chi connectivity index (χ1) is 23.7. The summed E-state index contributed by atoms with van der Waals surface area (Å²) in [6, 6.07) is 26.8. The van der Waals surface area contributed by atoms with E-state index in [0.717, 1.165) is 59.8 Å². The molecule has 0 bridgehead atoms. The van der Waals surface area contributed by atoms with E-state index in [1.54, 1.807) is 38.5 Å². The summed E-state index contributed by atoms with van der Waals surface area (Å²) < 4.78 is 24.5. The van der Waals surface area contributed by atoms with E-state index in [1.165, 1.54) is 18.1 Å². The van der Waals surface area contributed by atoms with Gasteiger partial charge in [-0.1, -0.05) is 67.6 Å². The van der Waals surface area contributed by atoms with Gasteiger partial charge < -0.3 is 29.4 Å². The summed E-state index contributed by atoms with van der Waals surface area (Å²) in [5, 5.41) is 12.5. The number of amides is 1. The van der Waals surface area contributed by atoms with Crippen LogP contribution in [0.1, 0.15) is 70.0 Å². The maximum Gasteiger partial charge on any atom is 0.228 e. The van der Waals surface area contributed by atoms with Crippen LogP contribution in [0.25, 0.3) is 0 Å². The molecule has 2 heterocycles. The maximum absolute atomic E-state index is 12.8. The first-order valence-corrected chi connectivity index (χ1v) is 16.7. The minimum atomic E-state index is -0.609. The van der Waals surface area contributed by atoms with Gasteiger partial charge in [-0.3, -0.25) is 14.5 Å². The van der Waals surface area contributed by atoms with Gasteiger partial charge in [-0.25, -0.2) is 0 Å². The molecule has 2 N–H and O–H groups in total. The zero-order valence-electron chi connectivity index (χ0n) is 28.5. The van der Waals surface area contributed by atoms with Crippen molar-refractivity contribution in [2.24, 2.45) is 5.92 Å². The Bertz CT molecular complexity index is 1770. The van der Waals surface area contributed by atoms with Gasteiger partial charge in [-0.15, -0.1) is 0 Å². The van der Waals surface area contributed by atoms with Crippen molar-refractivity contribution in [2.75, 3.05) is 32.6 Å². The van der Waals surface area contributed by atoms with Gasteiger partial charge in [0.25, 0.3) is 0 Å². The lowest BCUT2D eigenvalue weighted by Crippen LogP contribution is -2.45. The lowest BCUT2D eigenvalue weighted by Gasteiger charge is -2.43. The second-order valence-corrected chi connectivity index (χ2v) is 12.9. The van der Waals surface area contributed by atoms with Crippen LogP contribution in [0.15, 0.2) is 84.9 Å². The van der Waals surface area contributed by atoms with E-state index in [-0.39, 0.29) is 42.8 Å². The number of nitrogens with one attached hydrogen (secondary N) is 1. The number of benzene rings is 4. The number of ketones is 1. The SMILES string of the molecule is COc1cc2c(cc1OC)CN(CC1OC(c3ccc(CC(=O)Nc4cccc(C(C)=O)c4)cc3)OC(c3ccc(CO)cc3)C1C)CC2. The van der Waals surface area contributed by atoms with Crippen LogP contribution in [0.3, 0.4) is 0 Å². The third-order valence-electron chi connectivity index (χ3n) is 9.53. The molecule has 0 radical (unpaired) electrons. The van der Waals surface area contributed by atoms with Gasteiger partial charge in [0.2, 0.25) is 5.91 Å². The van der Waals surface area contributed by atoms with Gasteiger partial charge in [0.05, 0.1) is 39.5 Å². The number of fused-ring (bicyclic) bond motifs is 1. The largest absolute Gasteiger partial charge is 0.493 e. The molecule has 1 fully saturated rings. The summed E-state index contributed by atoms with van der Waals surface area (Å²) in [4.78, 5) is 27.0. The van der Waals surface area contributed by atoms with Crippen LogP contribution < -0.4 is 14.8 Å². The normalized spacial score (nSPS) is 20.7. The monoisotopic (exact) mass is 664 g/mol. The Hall–Kier alpha value is -4.54. The molecule has 2 aliphatic rings. The Kier molecular flexibility index (Phi) is 10.7. The molecule has 4 aromatic carbocycles. The zero-order valence-corrected chi connectivity index (χ0v) is 28.5. The molecule has 256 valence electrons. The smallest absolute Gasteiger partial charge is 0.228 e. The van der Waals surface area contributed by atoms with Crippen LogP contribution >= 0.6 is 0 Å². The molecule has 4 aromatic rings. The summed E-state index contributed by atoms with van der Waals surface area (Å²) in [5.74, 6) is 1.31. The van der Waals surface area contributed by atoms with Gasteiger partial charge in [0, 0.05) is 42.4 Å². The number of ether oxygens (including phenoxy) is 4. The van der Waals surface area contributed by atoms with Crippen LogP contribution in [0, 0.1) is 5.92 Å². The van der Waals surface area contributed by atoms with E-state index in [0.29, 0.717) is 11.3 Å². The maximum atomic E-state index is 12.8. The minimum absolute atomic E-state index is 0.0159. The Labute approximate surface area is 287 Å². The molecule has 9 heteroatoms. The number of methoxy groups -OCH3 is 2. The summed E-state index contributed by atoms with van der Waals surface area (Å²) in [6.45, 7) is 6.06. The Morgan fingerprint density at radius 1 is 0.878 bits per heavy atom. The second-order valence-electron chi connectivity index (χ2n) is 12.9. The Morgan fingerprint density at radius 2 is 1.55 bits per heavy atom. The molecule has 49 heavy (non-hydrogen) atoms. The quantitative estimate of drug-likeness (QED) is 0.177. The van der Waals surface area contributed by atoms with Crippen molar-refractivity contribution in [1.82, 2.24) is 4.90 Å². The zero-order chi connectivity index (χ0) is 34.5. The number of Topliss-reactive ketones (excluding diaryl/α,β-unsaturated/α-hetero) is 1. The van der Waals surface area contributed by atoms with Crippen LogP contribution in [0.2, 0.25) is 0 Å². The lowest BCUT2D eigenvalue weighted by atomic mass is 9.89. The standard InChI is InChI=1S/C40H44N2O7/c1-25-37(23-42-17-16-32-20-35(46-3)36(47-4)21-33(32)22-42)48-40(49-39(25)29-12-10-28(24-43)11-13-29)30-14-8-27(9-15-30)18-38(45)41-34-7-5-6-31(19-34)26(2)44/h5-15,19-21,25,37,39-40,43H,16-18,22-24H2,1-4H3,(H,41,45). The highest BCUT2D eigenvalue weighted by molar-refractivity contribution is 5.97. The first kappa shape index (κ1) is 34.3. The molecule has 0 aromatic heterocycles. The van der Waals surface area contributed by atoms with Crippen molar-refractivity contribution in [1.29, 1.82) is 0 Å². The van der Waals surface area contributed by atoms with Crippen molar-refractivity contribution in [3.05, 3.63) is 124 Å². The number of nitrogens with zero attached hydrogens (tertiary/aromatic N) is 1. The van der Waals surface area contributed by atoms with Gasteiger partial charge in [0.15, 0.2) is 23.6 Å². The van der Waals surface area contributed by atoms with Crippen molar-refractivity contribution in [3.63, 3.8) is 0 Å². The van der Waals surface area contributed by atoms with Crippen molar-refractivity contribution >= 4 is 17.4 Å². The predicted molar refractivity (Wildman–Crippen MR) is 187 cm³/mol. The second kappa shape index (κ2) is 15.3. The summed E-state index contributed by atoms with van der Waals surface area (Å²) in [6.07, 6.45) is 0.124. The van der Waals surface area contributed by atoms with Gasteiger partial charge >= 0.3 is 0 Å². The Morgan fingerprint density at radius 3 is 2.22 bits per heavy atom. The molecule has 2 aliphatic heterocycles. The number of anilines is 1. The van der Waals surface area contributed by atoms with Gasteiger partial charge in [0.1, 0.15) is 0 Å². The number of carbonyl (C=O) groups is 2. The number of carbonyl (C=O) groups excluding carboxylic acids is 2. The van der Waals surface area contributed by atoms with Crippen molar-refractivity contribution in [3.8, 4) is 11.5 Å². The number of aliphatic hydroxyl groups is 1. The van der Waals surface area contributed by atoms with Crippen LogP contribution in [0.5, 0.6) is 11.5 Å². The molecule has 1 amide bonds. The molecule has 0 saturated carbocycles. The fourth-order valence-electron chi connectivity index (χ4n) is 6.68. The average Bonchev–Trinajstić information content (AvgIpc) is 3.12. The fraction of sp³-hybridized carbons (Fsp3) is 0.350. The van der Waals surface area contributed by atoms with E-state index in [1.807, 2.05) is 48.5 Å².